The Balaban J connectivity index is 6.29. The highest BCUT2D eigenvalue weighted by atomic mass is 31.2. The third kappa shape index (κ3) is 16.7. The number of halogens is 2. The van der Waals surface area contributed by atoms with Gasteiger partial charge < -0.3 is 29.5 Å². The van der Waals surface area contributed by atoms with Crippen LogP contribution in [0.2, 0.25) is 0 Å². The van der Waals surface area contributed by atoms with Crippen LogP contribution in [0, 0.1) is 21.7 Å². The van der Waals surface area contributed by atoms with Crippen molar-refractivity contribution in [3.8, 4) is 0 Å². The number of carbonyl (C=O) groups excluding carboxylic acids is 2. The molecule has 22 heteroatoms. The van der Waals surface area contributed by atoms with E-state index in [-0.39, 0.29) is 26.1 Å². The van der Waals surface area contributed by atoms with Crippen molar-refractivity contribution < 1.29 is 86.0 Å². The Morgan fingerprint density at radius 2 is 0.810 bits per heavy atom. The molecule has 0 aromatic carbocycles. The van der Waals surface area contributed by atoms with Gasteiger partial charge in [0.25, 0.3) is 0 Å². The minimum Gasteiger partial charge on any atom is -0.481 e. The lowest BCUT2D eigenvalue weighted by atomic mass is 9.87. The fourth-order valence-corrected chi connectivity index (χ4v) is 9.07. The molecule has 0 aliphatic heterocycles. The number of hydrogen-bond acceptors (Lipinski definition) is 14. The van der Waals surface area contributed by atoms with Crippen LogP contribution in [0.1, 0.15) is 136 Å². The summed E-state index contributed by atoms with van der Waals surface area (Å²) < 4.78 is 70.7. The second-order valence-corrected chi connectivity index (χ2v) is 23.3. The second-order valence-electron chi connectivity index (χ2n) is 19.8. The molecule has 342 valence electrons. The maximum Gasteiger partial charge on any atom is 0.380 e. The van der Waals surface area contributed by atoms with Crippen LogP contribution in [0.3, 0.4) is 0 Å². The molecule has 0 aromatic heterocycles. The molecular formula is C36H68F2N2O16P2. The lowest BCUT2D eigenvalue weighted by Crippen LogP contribution is -2.55. The number of esters is 2. The zero-order chi connectivity index (χ0) is 46.3. The maximum absolute atomic E-state index is 13.5. The molecule has 58 heavy (non-hydrogen) atoms. The number of aliphatic carboxylic acids is 2. The molecule has 4 N–H and O–H groups in total. The van der Waals surface area contributed by atoms with E-state index in [1.165, 1.54) is 69.2 Å². The molecule has 0 fully saturated rings. The molecule has 0 radical (unpaired) electrons. The van der Waals surface area contributed by atoms with Gasteiger partial charge in [-0.1, -0.05) is 41.5 Å². The fraction of sp³-hybridized carbons (Fsp3) is 0.889. The summed E-state index contributed by atoms with van der Waals surface area (Å²) in [7, 11) is -10.2. The standard InChI is InChI=1S/C36H68F2N2O16P2/c1-31(2,3)27(57(47,48)55-37)39(33(7,8)9)53-23(21-35(13,14)29(43)44)25(41)51-19-17-18-20-52-26(42)24(22-36(15,16)30(45)46)54-40(34(10,11)12)28(32(4,5)6)58(49,50)56-38/h23-24,27-28H,17-22H2,1-16H3,(H,43,44)(H,45,46)(H,47,48)(H,49,50). The van der Waals surface area contributed by atoms with Crippen molar-refractivity contribution in [3.05, 3.63) is 0 Å². The number of carboxylic acids is 2. The van der Waals surface area contributed by atoms with Crippen molar-refractivity contribution in [1.82, 2.24) is 10.1 Å². The number of hydrogen-bond donors (Lipinski definition) is 4. The summed E-state index contributed by atoms with van der Waals surface area (Å²) >= 11 is 0. The summed E-state index contributed by atoms with van der Waals surface area (Å²) in [4.78, 5) is 84.0. The monoisotopic (exact) mass is 884 g/mol. The topological polar surface area (TPSA) is 245 Å². The molecule has 0 amide bonds. The Labute approximate surface area is 341 Å². The molecule has 0 heterocycles. The number of nitrogens with zero attached hydrogens (tertiary/aromatic N) is 2. The van der Waals surface area contributed by atoms with Crippen LogP contribution in [-0.4, -0.2) is 102 Å². The minimum atomic E-state index is -5.08. The Hall–Kier alpha value is -2.12. The molecule has 0 spiro atoms. The summed E-state index contributed by atoms with van der Waals surface area (Å²) in [6.45, 7) is 23.1. The number of unbranched alkanes of at least 4 members (excludes halogenated alkanes) is 1. The van der Waals surface area contributed by atoms with E-state index in [9.17, 15) is 57.4 Å². The summed E-state index contributed by atoms with van der Waals surface area (Å²) in [6, 6.07) is 0. The lowest BCUT2D eigenvalue weighted by molar-refractivity contribution is -0.272. The van der Waals surface area contributed by atoms with Gasteiger partial charge in [-0.3, -0.25) is 28.4 Å². The number of hydroxylamine groups is 4. The van der Waals surface area contributed by atoms with Crippen molar-refractivity contribution >= 4 is 39.1 Å². The summed E-state index contributed by atoms with van der Waals surface area (Å²) in [5.74, 6) is -8.06. The third-order valence-electron chi connectivity index (χ3n) is 8.72. The number of ether oxygens (including phenoxy) is 2. The molecule has 0 rings (SSSR count). The van der Waals surface area contributed by atoms with Gasteiger partial charge in [0.1, 0.15) is 11.6 Å². The molecule has 0 aromatic rings. The number of rotatable bonds is 23. The van der Waals surface area contributed by atoms with Gasteiger partial charge in [0.05, 0.1) is 24.0 Å². The lowest BCUT2D eigenvalue weighted by Gasteiger charge is -2.46. The van der Waals surface area contributed by atoms with Gasteiger partial charge in [0, 0.05) is 23.9 Å². The van der Waals surface area contributed by atoms with E-state index in [4.69, 9.17) is 19.1 Å². The van der Waals surface area contributed by atoms with Crippen LogP contribution in [-0.2, 0) is 56.9 Å². The zero-order valence-corrected chi connectivity index (χ0v) is 38.6. The summed E-state index contributed by atoms with van der Waals surface area (Å²) in [5, 5.41) is 21.5. The van der Waals surface area contributed by atoms with Crippen LogP contribution < -0.4 is 0 Å². The third-order valence-corrected chi connectivity index (χ3v) is 12.3. The van der Waals surface area contributed by atoms with Gasteiger partial charge in [-0.05, 0) is 102 Å². The van der Waals surface area contributed by atoms with Crippen LogP contribution in [0.4, 0.5) is 9.05 Å². The van der Waals surface area contributed by atoms with Gasteiger partial charge >= 0.3 is 39.1 Å². The summed E-state index contributed by atoms with van der Waals surface area (Å²) in [5.41, 5.74) is -7.88. The van der Waals surface area contributed by atoms with E-state index >= 15 is 0 Å². The Morgan fingerprint density at radius 1 is 0.552 bits per heavy atom. The second kappa shape index (κ2) is 20.6. The van der Waals surface area contributed by atoms with Crippen LogP contribution >= 0.6 is 15.2 Å². The molecule has 0 aliphatic rings. The van der Waals surface area contributed by atoms with Crippen molar-refractivity contribution in [2.24, 2.45) is 21.7 Å². The van der Waals surface area contributed by atoms with Gasteiger partial charge in [-0.15, -0.1) is 9.46 Å². The first kappa shape index (κ1) is 55.9. The first-order chi connectivity index (χ1) is 25.7. The van der Waals surface area contributed by atoms with Gasteiger partial charge in [0.15, 0.2) is 12.2 Å². The molecule has 0 aliphatic carbocycles. The van der Waals surface area contributed by atoms with E-state index in [0.29, 0.717) is 0 Å². The first-order valence-corrected chi connectivity index (χ1v) is 22.0. The molecule has 0 saturated carbocycles. The molecule has 18 nitrogen and oxygen atoms in total. The van der Waals surface area contributed by atoms with Crippen molar-refractivity contribution in [3.63, 3.8) is 0 Å². The number of carboxylic acid groups (broad SMARTS) is 2. The molecule has 0 saturated heterocycles. The first-order valence-electron chi connectivity index (χ1n) is 18.7. The molecule has 0 bridgehead atoms. The van der Waals surface area contributed by atoms with Crippen molar-refractivity contribution in [1.29, 1.82) is 0 Å². The maximum atomic E-state index is 13.5. The smallest absolute Gasteiger partial charge is 0.380 e. The van der Waals surface area contributed by atoms with Crippen molar-refractivity contribution in [2.45, 2.75) is 171 Å². The van der Waals surface area contributed by atoms with Crippen molar-refractivity contribution in [2.75, 3.05) is 13.2 Å². The van der Waals surface area contributed by atoms with E-state index in [1.807, 2.05) is 0 Å². The van der Waals surface area contributed by atoms with E-state index < -0.39 is 108 Å². The molecule has 6 unspecified atom stereocenters. The van der Waals surface area contributed by atoms with Crippen LogP contribution in [0.5, 0.6) is 0 Å². The zero-order valence-electron chi connectivity index (χ0n) is 36.8. The Kier molecular flexibility index (Phi) is 19.9. The van der Waals surface area contributed by atoms with E-state index in [0.717, 1.165) is 10.1 Å². The summed E-state index contributed by atoms with van der Waals surface area (Å²) in [6.07, 6.45) is -4.18. The predicted molar refractivity (Wildman–Crippen MR) is 207 cm³/mol. The van der Waals surface area contributed by atoms with Gasteiger partial charge in [0.2, 0.25) is 0 Å². The molecule has 6 atom stereocenters. The van der Waals surface area contributed by atoms with Crippen LogP contribution in [0.25, 0.3) is 0 Å². The Morgan fingerprint density at radius 3 is 1.00 bits per heavy atom. The normalized spacial score (nSPS) is 17.8. The Bertz CT molecular complexity index is 1390. The molecular weight excluding hydrogens is 816 g/mol. The highest BCUT2D eigenvalue weighted by molar-refractivity contribution is 7.53. The predicted octanol–water partition coefficient (Wildman–Crippen LogP) is 7.57. The van der Waals surface area contributed by atoms with Gasteiger partial charge in [-0.2, -0.15) is 10.1 Å². The largest absolute Gasteiger partial charge is 0.481 e. The highest BCUT2D eigenvalue weighted by Gasteiger charge is 2.54. The highest BCUT2D eigenvalue weighted by Crippen LogP contribution is 2.58. The minimum absolute atomic E-state index is 0.0666. The van der Waals surface area contributed by atoms with Gasteiger partial charge in [-0.25, -0.2) is 9.59 Å². The quantitative estimate of drug-likeness (QED) is 0.0334. The van der Waals surface area contributed by atoms with E-state index in [1.54, 1.807) is 41.5 Å². The average molecular weight is 885 g/mol. The fourth-order valence-electron chi connectivity index (χ4n) is 5.63. The number of carbonyl (C=O) groups is 4. The average Bonchev–Trinajstić information content (AvgIpc) is 3.01. The SMILES string of the molecule is CC(C)(CC(ON(C(C(C)(C)C)P(=O)(O)OF)C(C)(C)C)C(=O)OCCCCOC(=O)C(CC(C)(C)C(=O)O)ON(C(C(C)(C)C)P(=O)(O)OF)C(C)(C)C)C(=O)O. The van der Waals surface area contributed by atoms with Crippen LogP contribution in [0.15, 0.2) is 0 Å². The van der Waals surface area contributed by atoms with E-state index in [2.05, 4.69) is 9.46 Å².